The largest absolute Gasteiger partial charge is 0.309 e. The highest BCUT2D eigenvalue weighted by Gasteiger charge is 2.18. The van der Waals surface area contributed by atoms with Gasteiger partial charge in [0.1, 0.15) is 0 Å². The van der Waals surface area contributed by atoms with Gasteiger partial charge in [-0.1, -0.05) is 121 Å². The summed E-state index contributed by atoms with van der Waals surface area (Å²) in [6.07, 6.45) is 0. The van der Waals surface area contributed by atoms with Gasteiger partial charge in [0, 0.05) is 73.5 Å². The molecular formula is C51H30N4S2. The van der Waals surface area contributed by atoms with Crippen molar-refractivity contribution in [3.05, 3.63) is 182 Å². The van der Waals surface area contributed by atoms with E-state index < -0.39 is 0 Å². The molecule has 4 aromatic heterocycles. The molecule has 0 saturated carbocycles. The maximum Gasteiger partial charge on any atom is 0.164 e. The van der Waals surface area contributed by atoms with Crippen molar-refractivity contribution in [2.75, 3.05) is 0 Å². The second kappa shape index (κ2) is 12.8. The van der Waals surface area contributed by atoms with Crippen LogP contribution in [0.15, 0.2) is 182 Å². The number of nitrogens with zero attached hydrogens (tertiary/aromatic N) is 4. The number of aromatic nitrogens is 4. The van der Waals surface area contributed by atoms with Gasteiger partial charge in [-0.3, -0.25) is 0 Å². The standard InChI is InChI=1S/C51H30N4S2/c1-3-12-31(13-4-1)49-52-50(32-14-5-2-6-15-32)54-51(53-49)34-23-26-47-40(29-34)39-19-11-18-36(48(39)57-47)33-22-25-45-41(28-33)42-30-35(24-27-46(42)56-45)55-43-20-9-7-16-37(43)38-17-8-10-21-44(38)55/h1-30H. The van der Waals surface area contributed by atoms with Crippen LogP contribution in [0.4, 0.5) is 0 Å². The van der Waals surface area contributed by atoms with Crippen LogP contribution in [0.1, 0.15) is 0 Å². The predicted octanol–water partition coefficient (Wildman–Crippen LogP) is 14.4. The van der Waals surface area contributed by atoms with Gasteiger partial charge in [-0.15, -0.1) is 22.7 Å². The molecule has 0 unspecified atom stereocenters. The summed E-state index contributed by atoms with van der Waals surface area (Å²) in [5.41, 5.74) is 8.98. The van der Waals surface area contributed by atoms with E-state index in [1.165, 1.54) is 79.0 Å². The van der Waals surface area contributed by atoms with Crippen LogP contribution in [0.3, 0.4) is 0 Å². The first kappa shape index (κ1) is 32.3. The lowest BCUT2D eigenvalue weighted by Crippen LogP contribution is -2.00. The van der Waals surface area contributed by atoms with Crippen molar-refractivity contribution in [2.24, 2.45) is 0 Å². The first-order valence-electron chi connectivity index (χ1n) is 19.0. The van der Waals surface area contributed by atoms with Gasteiger partial charge in [0.25, 0.3) is 0 Å². The van der Waals surface area contributed by atoms with Crippen molar-refractivity contribution < 1.29 is 0 Å². The number of thiophene rings is 2. The van der Waals surface area contributed by atoms with Crippen LogP contribution in [0.5, 0.6) is 0 Å². The second-order valence-corrected chi connectivity index (χ2v) is 16.5. The fourth-order valence-corrected chi connectivity index (χ4v) is 10.7. The molecule has 4 heterocycles. The molecule has 266 valence electrons. The Labute approximate surface area is 335 Å². The Bertz CT molecular complexity index is 3410. The summed E-state index contributed by atoms with van der Waals surface area (Å²) >= 11 is 3.71. The van der Waals surface area contributed by atoms with E-state index in [-0.39, 0.29) is 0 Å². The molecule has 0 amide bonds. The third-order valence-corrected chi connectivity index (χ3v) is 13.4. The molecule has 57 heavy (non-hydrogen) atoms. The smallest absolute Gasteiger partial charge is 0.164 e. The molecule has 0 fully saturated rings. The molecule has 4 nitrogen and oxygen atoms in total. The number of hydrogen-bond acceptors (Lipinski definition) is 5. The van der Waals surface area contributed by atoms with Crippen molar-refractivity contribution in [3.8, 4) is 51.0 Å². The predicted molar refractivity (Wildman–Crippen MR) is 242 cm³/mol. The van der Waals surface area contributed by atoms with Gasteiger partial charge < -0.3 is 4.57 Å². The summed E-state index contributed by atoms with van der Waals surface area (Å²) in [7, 11) is 0. The van der Waals surface area contributed by atoms with Gasteiger partial charge in [0.15, 0.2) is 17.5 Å². The topological polar surface area (TPSA) is 43.6 Å². The number of hydrogen-bond donors (Lipinski definition) is 0. The van der Waals surface area contributed by atoms with Crippen molar-refractivity contribution in [2.45, 2.75) is 0 Å². The lowest BCUT2D eigenvalue weighted by atomic mass is 10.00. The molecule has 0 bridgehead atoms. The first-order chi connectivity index (χ1) is 28.2. The average molecular weight is 763 g/mol. The molecule has 0 aliphatic heterocycles. The van der Waals surface area contributed by atoms with E-state index in [0.717, 1.165) is 16.7 Å². The number of fused-ring (bicyclic) bond motifs is 9. The van der Waals surface area contributed by atoms with Crippen molar-refractivity contribution in [1.82, 2.24) is 19.5 Å². The molecule has 0 radical (unpaired) electrons. The molecular weight excluding hydrogens is 733 g/mol. The molecule has 8 aromatic carbocycles. The Balaban J connectivity index is 0.987. The van der Waals surface area contributed by atoms with Crippen molar-refractivity contribution in [3.63, 3.8) is 0 Å². The Kier molecular flexibility index (Phi) is 7.24. The zero-order valence-electron chi connectivity index (χ0n) is 30.4. The van der Waals surface area contributed by atoms with Crippen LogP contribution in [0, 0.1) is 0 Å². The lowest BCUT2D eigenvalue weighted by Gasteiger charge is -2.09. The fraction of sp³-hybridized carbons (Fsp3) is 0. The van der Waals surface area contributed by atoms with E-state index >= 15 is 0 Å². The second-order valence-electron chi connectivity index (χ2n) is 14.4. The molecule has 0 N–H and O–H groups in total. The van der Waals surface area contributed by atoms with E-state index in [1.54, 1.807) is 0 Å². The summed E-state index contributed by atoms with van der Waals surface area (Å²) < 4.78 is 7.51. The van der Waals surface area contributed by atoms with Gasteiger partial charge in [0.2, 0.25) is 0 Å². The van der Waals surface area contributed by atoms with Crippen LogP contribution in [0.25, 0.3) is 113 Å². The van der Waals surface area contributed by atoms with E-state index in [4.69, 9.17) is 15.0 Å². The molecule has 12 rings (SSSR count). The fourth-order valence-electron chi connectivity index (χ4n) is 8.38. The average Bonchev–Trinajstić information content (AvgIpc) is 3.95. The summed E-state index contributed by atoms with van der Waals surface area (Å²) in [4.78, 5) is 14.9. The molecule has 6 heteroatoms. The number of para-hydroxylation sites is 2. The molecule has 0 aliphatic rings. The molecule has 12 aromatic rings. The summed E-state index contributed by atoms with van der Waals surface area (Å²) in [6, 6.07) is 65.0. The van der Waals surface area contributed by atoms with E-state index in [9.17, 15) is 0 Å². The van der Waals surface area contributed by atoms with Crippen molar-refractivity contribution >= 4 is 84.8 Å². The maximum absolute atomic E-state index is 5.02. The highest BCUT2D eigenvalue weighted by Crippen LogP contribution is 2.44. The Morgan fingerprint density at radius 2 is 0.825 bits per heavy atom. The van der Waals surface area contributed by atoms with Gasteiger partial charge in [-0.25, -0.2) is 15.0 Å². The van der Waals surface area contributed by atoms with Crippen LogP contribution in [-0.4, -0.2) is 19.5 Å². The van der Waals surface area contributed by atoms with Gasteiger partial charge in [-0.05, 0) is 71.8 Å². The minimum Gasteiger partial charge on any atom is -0.309 e. The van der Waals surface area contributed by atoms with Gasteiger partial charge in [0.05, 0.1) is 11.0 Å². The highest BCUT2D eigenvalue weighted by molar-refractivity contribution is 7.26. The number of rotatable bonds is 5. The Morgan fingerprint density at radius 3 is 1.49 bits per heavy atom. The van der Waals surface area contributed by atoms with Gasteiger partial charge in [-0.2, -0.15) is 0 Å². The monoisotopic (exact) mass is 762 g/mol. The number of benzene rings is 8. The molecule has 0 atom stereocenters. The lowest BCUT2D eigenvalue weighted by molar-refractivity contribution is 1.07. The third-order valence-electron chi connectivity index (χ3n) is 11.1. The Morgan fingerprint density at radius 1 is 0.333 bits per heavy atom. The Hall–Kier alpha value is -6.99. The zero-order valence-corrected chi connectivity index (χ0v) is 32.1. The highest BCUT2D eigenvalue weighted by atomic mass is 32.1. The molecule has 0 aliphatic carbocycles. The summed E-state index contributed by atoms with van der Waals surface area (Å²) in [6.45, 7) is 0. The third kappa shape index (κ3) is 5.22. The minimum absolute atomic E-state index is 0.662. The van der Waals surface area contributed by atoms with Crippen LogP contribution < -0.4 is 0 Å². The summed E-state index contributed by atoms with van der Waals surface area (Å²) in [5, 5.41) is 7.56. The van der Waals surface area contributed by atoms with Crippen LogP contribution in [-0.2, 0) is 0 Å². The van der Waals surface area contributed by atoms with E-state index in [2.05, 4.69) is 126 Å². The quantitative estimate of drug-likeness (QED) is 0.175. The molecule has 0 saturated heterocycles. The van der Waals surface area contributed by atoms with Crippen LogP contribution in [0.2, 0.25) is 0 Å². The molecule has 0 spiro atoms. The van der Waals surface area contributed by atoms with Crippen LogP contribution >= 0.6 is 22.7 Å². The normalized spacial score (nSPS) is 11.9. The van der Waals surface area contributed by atoms with E-state index in [0.29, 0.717) is 17.5 Å². The summed E-state index contributed by atoms with van der Waals surface area (Å²) in [5.74, 6) is 1.99. The first-order valence-corrected chi connectivity index (χ1v) is 20.6. The van der Waals surface area contributed by atoms with E-state index in [1.807, 2.05) is 83.3 Å². The zero-order chi connectivity index (χ0) is 37.5. The maximum atomic E-state index is 5.02. The SMILES string of the molecule is c1ccc(-c2nc(-c3ccccc3)nc(-c3ccc4sc5c(-c6ccc7sc8ccc(-n9c%10ccccc%10c%10ccccc%109)cc8c7c6)cccc5c4c3)n2)cc1. The van der Waals surface area contributed by atoms with Crippen molar-refractivity contribution in [1.29, 1.82) is 0 Å². The minimum atomic E-state index is 0.662. The van der Waals surface area contributed by atoms with Gasteiger partial charge >= 0.3 is 0 Å².